The Bertz CT molecular complexity index is 518. The summed E-state index contributed by atoms with van der Waals surface area (Å²) in [6, 6.07) is 3.25. The molecule has 78 valence electrons. The highest BCUT2D eigenvalue weighted by Crippen LogP contribution is 2.35. The number of carboxylic acids is 1. The van der Waals surface area contributed by atoms with Gasteiger partial charge in [-0.3, -0.25) is 4.68 Å². The van der Waals surface area contributed by atoms with Gasteiger partial charge in [0.25, 0.3) is 0 Å². The lowest BCUT2D eigenvalue weighted by Gasteiger charge is -1.97. The Kier molecular flexibility index (Phi) is 2.50. The average molecular weight is 243 g/mol. The molecular weight excluding hydrogens is 236 g/mol. The van der Waals surface area contributed by atoms with Gasteiger partial charge in [0.1, 0.15) is 4.88 Å². The van der Waals surface area contributed by atoms with Gasteiger partial charge in [-0.1, -0.05) is 11.6 Å². The van der Waals surface area contributed by atoms with Crippen molar-refractivity contribution in [3.05, 3.63) is 28.2 Å². The van der Waals surface area contributed by atoms with Crippen LogP contribution in [0.5, 0.6) is 0 Å². The summed E-state index contributed by atoms with van der Waals surface area (Å²) in [7, 11) is 1.78. The van der Waals surface area contributed by atoms with Crippen molar-refractivity contribution in [1.29, 1.82) is 0 Å². The number of hydrogen-bond acceptors (Lipinski definition) is 3. The summed E-state index contributed by atoms with van der Waals surface area (Å²) in [5.41, 5.74) is 0.817. The highest BCUT2D eigenvalue weighted by Gasteiger charge is 2.15. The van der Waals surface area contributed by atoms with Crippen molar-refractivity contribution in [2.24, 2.45) is 7.05 Å². The van der Waals surface area contributed by atoms with Gasteiger partial charge in [-0.25, -0.2) is 4.79 Å². The van der Waals surface area contributed by atoms with E-state index in [1.807, 2.05) is 0 Å². The lowest BCUT2D eigenvalue weighted by atomic mass is 10.3. The van der Waals surface area contributed by atoms with Crippen molar-refractivity contribution in [2.75, 3.05) is 0 Å². The zero-order chi connectivity index (χ0) is 11.0. The second-order valence-electron chi connectivity index (χ2n) is 2.93. The molecule has 0 spiro atoms. The molecule has 2 aromatic heterocycles. The predicted octanol–water partition coefficient (Wildman–Crippen LogP) is 2.50. The van der Waals surface area contributed by atoms with E-state index in [1.165, 1.54) is 6.07 Å². The summed E-state index contributed by atoms with van der Waals surface area (Å²) in [5.74, 6) is -0.963. The summed E-state index contributed by atoms with van der Waals surface area (Å²) in [6.45, 7) is 0. The van der Waals surface area contributed by atoms with E-state index in [2.05, 4.69) is 5.10 Å². The predicted molar refractivity (Wildman–Crippen MR) is 58.5 cm³/mol. The number of carboxylic acid groups (broad SMARTS) is 1. The van der Waals surface area contributed by atoms with Gasteiger partial charge in [0.05, 0.1) is 15.6 Å². The Balaban J connectivity index is 2.54. The molecular formula is C9H7ClN2O2S. The molecule has 6 heteroatoms. The number of aryl methyl sites for hydroxylation is 1. The Labute approximate surface area is 94.7 Å². The quantitative estimate of drug-likeness (QED) is 0.880. The van der Waals surface area contributed by atoms with Gasteiger partial charge >= 0.3 is 5.97 Å². The Hall–Kier alpha value is -1.33. The van der Waals surface area contributed by atoms with Crippen LogP contribution in [0.1, 0.15) is 9.67 Å². The first-order chi connectivity index (χ1) is 7.09. The first-order valence-electron chi connectivity index (χ1n) is 4.10. The van der Waals surface area contributed by atoms with Crippen LogP contribution in [-0.4, -0.2) is 20.9 Å². The monoisotopic (exact) mass is 242 g/mol. The first kappa shape index (κ1) is 10.2. The zero-order valence-electron chi connectivity index (χ0n) is 7.77. The zero-order valence-corrected chi connectivity index (χ0v) is 9.34. The molecule has 1 N–H and O–H groups in total. The lowest BCUT2D eigenvalue weighted by Crippen LogP contribution is -1.91. The maximum absolute atomic E-state index is 10.8. The molecule has 4 nitrogen and oxygen atoms in total. The number of thiophene rings is 1. The van der Waals surface area contributed by atoms with E-state index in [-0.39, 0.29) is 4.88 Å². The molecule has 2 heterocycles. The third kappa shape index (κ3) is 1.75. The second kappa shape index (κ2) is 3.67. The van der Waals surface area contributed by atoms with Crippen LogP contribution in [0.2, 0.25) is 5.02 Å². The highest BCUT2D eigenvalue weighted by atomic mass is 35.5. The minimum atomic E-state index is -0.963. The maximum Gasteiger partial charge on any atom is 0.345 e. The minimum absolute atomic E-state index is 0.233. The smallest absolute Gasteiger partial charge is 0.345 e. The van der Waals surface area contributed by atoms with Gasteiger partial charge in [0, 0.05) is 13.2 Å². The van der Waals surface area contributed by atoms with Crippen LogP contribution in [-0.2, 0) is 7.05 Å². The third-order valence-electron chi connectivity index (χ3n) is 1.95. The number of aromatic carboxylic acids is 1. The molecule has 0 unspecified atom stereocenters. The van der Waals surface area contributed by atoms with Crippen molar-refractivity contribution in [1.82, 2.24) is 9.78 Å². The van der Waals surface area contributed by atoms with Crippen molar-refractivity contribution >= 4 is 28.9 Å². The summed E-state index contributed by atoms with van der Waals surface area (Å²) >= 11 is 7.11. The standard InChI is InChI=1S/C9H7ClN2O2S/c1-12-6(2-3-11-12)8-5(10)4-7(15-8)9(13)14/h2-4H,1H3,(H,13,14). The summed E-state index contributed by atoms with van der Waals surface area (Å²) < 4.78 is 1.66. The molecule has 0 radical (unpaired) electrons. The molecule has 0 aliphatic carbocycles. The fraction of sp³-hybridized carbons (Fsp3) is 0.111. The number of carbonyl (C=O) groups is 1. The van der Waals surface area contributed by atoms with Crippen LogP contribution in [0.3, 0.4) is 0 Å². The molecule has 0 atom stereocenters. The van der Waals surface area contributed by atoms with E-state index in [9.17, 15) is 4.79 Å². The first-order valence-corrected chi connectivity index (χ1v) is 5.30. The molecule has 0 saturated heterocycles. The largest absolute Gasteiger partial charge is 0.477 e. The van der Waals surface area contributed by atoms with Gasteiger partial charge in [-0.2, -0.15) is 5.10 Å². The molecule has 0 bridgehead atoms. The van der Waals surface area contributed by atoms with Crippen LogP contribution < -0.4 is 0 Å². The highest BCUT2D eigenvalue weighted by molar-refractivity contribution is 7.18. The molecule has 0 aliphatic heterocycles. The van der Waals surface area contributed by atoms with Gasteiger partial charge in [0.15, 0.2) is 0 Å². The average Bonchev–Trinajstić information content (AvgIpc) is 2.71. The maximum atomic E-state index is 10.8. The van der Waals surface area contributed by atoms with E-state index in [4.69, 9.17) is 16.7 Å². The third-order valence-corrected chi connectivity index (χ3v) is 3.51. The van der Waals surface area contributed by atoms with Crippen LogP contribution >= 0.6 is 22.9 Å². The van der Waals surface area contributed by atoms with Crippen molar-refractivity contribution in [2.45, 2.75) is 0 Å². The van der Waals surface area contributed by atoms with E-state index in [0.717, 1.165) is 21.9 Å². The molecule has 0 amide bonds. The van der Waals surface area contributed by atoms with E-state index >= 15 is 0 Å². The normalized spacial score (nSPS) is 10.5. The van der Waals surface area contributed by atoms with Crippen LogP contribution in [0.4, 0.5) is 0 Å². The number of hydrogen-bond donors (Lipinski definition) is 1. The van der Waals surface area contributed by atoms with E-state index in [0.29, 0.717) is 5.02 Å². The molecule has 0 saturated carbocycles. The summed E-state index contributed by atoms with van der Waals surface area (Å²) in [6.07, 6.45) is 1.64. The van der Waals surface area contributed by atoms with Gasteiger partial charge in [-0.15, -0.1) is 11.3 Å². The van der Waals surface area contributed by atoms with Crippen molar-refractivity contribution in [3.63, 3.8) is 0 Å². The molecule has 2 aromatic rings. The Morgan fingerprint density at radius 2 is 2.40 bits per heavy atom. The fourth-order valence-electron chi connectivity index (χ4n) is 1.25. The fourth-order valence-corrected chi connectivity index (χ4v) is 2.58. The van der Waals surface area contributed by atoms with Gasteiger partial charge in [0.2, 0.25) is 0 Å². The van der Waals surface area contributed by atoms with E-state index in [1.54, 1.807) is 24.0 Å². The summed E-state index contributed by atoms with van der Waals surface area (Å²) in [5, 5.41) is 13.3. The number of aromatic nitrogens is 2. The lowest BCUT2D eigenvalue weighted by molar-refractivity contribution is 0.0702. The summed E-state index contributed by atoms with van der Waals surface area (Å²) in [4.78, 5) is 11.7. The van der Waals surface area contributed by atoms with Gasteiger partial charge in [-0.05, 0) is 12.1 Å². The Morgan fingerprint density at radius 1 is 1.67 bits per heavy atom. The molecule has 0 aromatic carbocycles. The SMILES string of the molecule is Cn1nccc1-c1sc(C(=O)O)cc1Cl. The number of nitrogens with zero attached hydrogens (tertiary/aromatic N) is 2. The van der Waals surface area contributed by atoms with Gasteiger partial charge < -0.3 is 5.11 Å². The van der Waals surface area contributed by atoms with Crippen LogP contribution in [0.15, 0.2) is 18.3 Å². The molecule has 0 aliphatic rings. The minimum Gasteiger partial charge on any atom is -0.477 e. The molecule has 15 heavy (non-hydrogen) atoms. The topological polar surface area (TPSA) is 55.1 Å². The van der Waals surface area contributed by atoms with E-state index < -0.39 is 5.97 Å². The second-order valence-corrected chi connectivity index (χ2v) is 4.39. The van der Waals surface area contributed by atoms with Crippen molar-refractivity contribution < 1.29 is 9.90 Å². The molecule has 0 fully saturated rings. The van der Waals surface area contributed by atoms with Crippen LogP contribution in [0, 0.1) is 0 Å². The van der Waals surface area contributed by atoms with Crippen molar-refractivity contribution in [3.8, 4) is 10.6 Å². The molecule has 2 rings (SSSR count). The number of rotatable bonds is 2. The number of halogens is 1. The Morgan fingerprint density at radius 3 is 2.87 bits per heavy atom. The van der Waals surface area contributed by atoms with Crippen LogP contribution in [0.25, 0.3) is 10.6 Å².